The molecule has 3 aromatic carbocycles. The van der Waals surface area contributed by atoms with Crippen molar-refractivity contribution in [3.63, 3.8) is 0 Å². The van der Waals surface area contributed by atoms with Gasteiger partial charge in [0.1, 0.15) is 23.8 Å². The molecule has 0 saturated heterocycles. The molecule has 3 aromatic rings. The minimum absolute atomic E-state index is 0.0599. The zero-order valence-corrected chi connectivity index (χ0v) is 17.0. The summed E-state index contributed by atoms with van der Waals surface area (Å²) in [6, 6.07) is 23.4. The van der Waals surface area contributed by atoms with Crippen molar-refractivity contribution in [1.82, 2.24) is 4.90 Å². The fraction of sp³-hybridized carbons (Fsp3) is 0.167. The van der Waals surface area contributed by atoms with Gasteiger partial charge in [0.25, 0.3) is 5.91 Å². The summed E-state index contributed by atoms with van der Waals surface area (Å²) in [5.41, 5.74) is 1.05. The Morgan fingerprint density at radius 3 is 2.17 bits per heavy atom. The first-order valence-corrected chi connectivity index (χ1v) is 9.65. The molecule has 2 amide bonds. The fourth-order valence-electron chi connectivity index (χ4n) is 2.91. The average Bonchev–Trinajstić information content (AvgIpc) is 2.78. The Morgan fingerprint density at radius 2 is 1.50 bits per heavy atom. The Balaban J connectivity index is 1.63. The molecule has 30 heavy (non-hydrogen) atoms. The number of methoxy groups -OCH3 is 1. The lowest BCUT2D eigenvalue weighted by molar-refractivity contribution is -0.116. The zero-order chi connectivity index (χ0) is 21.3. The molecular formula is C24H24N2O4. The van der Waals surface area contributed by atoms with E-state index >= 15 is 0 Å². The normalized spacial score (nSPS) is 10.2. The van der Waals surface area contributed by atoms with Gasteiger partial charge in [-0.2, -0.15) is 0 Å². The number of anilines is 1. The molecule has 0 atom stereocenters. The Kier molecular flexibility index (Phi) is 7.05. The SMILES string of the molecule is CCN(CC(=O)Nc1ccccc1OC)C(=O)c1ccc(Oc2ccccc2)cc1. The second kappa shape index (κ2) is 10.1. The largest absolute Gasteiger partial charge is 0.495 e. The summed E-state index contributed by atoms with van der Waals surface area (Å²) in [5, 5.41) is 2.79. The van der Waals surface area contributed by atoms with Gasteiger partial charge in [0.05, 0.1) is 12.8 Å². The summed E-state index contributed by atoms with van der Waals surface area (Å²) in [5.74, 6) is 1.40. The number of rotatable bonds is 8. The molecule has 3 rings (SSSR count). The summed E-state index contributed by atoms with van der Waals surface area (Å²) in [6.07, 6.45) is 0. The number of hydrogen-bond acceptors (Lipinski definition) is 4. The number of benzene rings is 3. The van der Waals surface area contributed by atoms with E-state index in [0.717, 1.165) is 5.75 Å². The van der Waals surface area contributed by atoms with Crippen LogP contribution < -0.4 is 14.8 Å². The number of para-hydroxylation sites is 3. The maximum atomic E-state index is 12.8. The predicted molar refractivity (Wildman–Crippen MR) is 116 cm³/mol. The van der Waals surface area contributed by atoms with Crippen molar-refractivity contribution in [2.75, 3.05) is 25.5 Å². The number of likely N-dealkylation sites (N-methyl/N-ethyl adjacent to an activating group) is 1. The van der Waals surface area contributed by atoms with Crippen LogP contribution in [0.4, 0.5) is 5.69 Å². The van der Waals surface area contributed by atoms with E-state index in [0.29, 0.717) is 29.3 Å². The van der Waals surface area contributed by atoms with E-state index < -0.39 is 0 Å². The van der Waals surface area contributed by atoms with Gasteiger partial charge in [-0.05, 0) is 55.5 Å². The van der Waals surface area contributed by atoms with Gasteiger partial charge in [-0.3, -0.25) is 9.59 Å². The maximum absolute atomic E-state index is 12.8. The molecule has 0 aliphatic heterocycles. The van der Waals surface area contributed by atoms with Crippen LogP contribution in [-0.4, -0.2) is 36.9 Å². The first kappa shape index (κ1) is 20.9. The Bertz CT molecular complexity index is 988. The molecule has 0 bridgehead atoms. The molecule has 0 saturated carbocycles. The van der Waals surface area contributed by atoms with Crippen LogP contribution in [0, 0.1) is 0 Å². The summed E-state index contributed by atoms with van der Waals surface area (Å²) >= 11 is 0. The maximum Gasteiger partial charge on any atom is 0.254 e. The van der Waals surface area contributed by atoms with Gasteiger partial charge in [-0.25, -0.2) is 0 Å². The van der Waals surface area contributed by atoms with Crippen LogP contribution in [0.5, 0.6) is 17.2 Å². The molecule has 0 fully saturated rings. The van der Waals surface area contributed by atoms with Crippen molar-refractivity contribution in [3.8, 4) is 17.2 Å². The number of nitrogens with one attached hydrogen (secondary N) is 1. The van der Waals surface area contributed by atoms with Crippen LogP contribution in [-0.2, 0) is 4.79 Å². The van der Waals surface area contributed by atoms with E-state index in [-0.39, 0.29) is 18.4 Å². The van der Waals surface area contributed by atoms with Crippen LogP contribution in [0.2, 0.25) is 0 Å². The molecule has 0 spiro atoms. The smallest absolute Gasteiger partial charge is 0.254 e. The third-order valence-corrected chi connectivity index (χ3v) is 4.46. The number of carbonyl (C=O) groups is 2. The third kappa shape index (κ3) is 5.38. The third-order valence-electron chi connectivity index (χ3n) is 4.46. The van der Waals surface area contributed by atoms with E-state index in [9.17, 15) is 9.59 Å². The molecule has 154 valence electrons. The highest BCUT2D eigenvalue weighted by molar-refractivity contribution is 5.99. The second-order valence-electron chi connectivity index (χ2n) is 6.51. The van der Waals surface area contributed by atoms with E-state index in [2.05, 4.69) is 5.32 Å². The minimum atomic E-state index is -0.293. The first-order chi connectivity index (χ1) is 14.6. The molecule has 0 aliphatic rings. The van der Waals surface area contributed by atoms with Gasteiger partial charge in [-0.1, -0.05) is 30.3 Å². The first-order valence-electron chi connectivity index (χ1n) is 9.65. The monoisotopic (exact) mass is 404 g/mol. The summed E-state index contributed by atoms with van der Waals surface area (Å²) in [6.45, 7) is 2.18. The Labute approximate surface area is 176 Å². The van der Waals surface area contributed by atoms with Crippen molar-refractivity contribution < 1.29 is 19.1 Å². The Hall–Kier alpha value is -3.80. The topological polar surface area (TPSA) is 67.9 Å². The molecule has 0 unspecified atom stereocenters. The molecule has 1 N–H and O–H groups in total. The molecule has 6 nitrogen and oxygen atoms in total. The summed E-state index contributed by atoms with van der Waals surface area (Å²) in [7, 11) is 1.54. The molecule has 0 radical (unpaired) electrons. The highest BCUT2D eigenvalue weighted by Gasteiger charge is 2.18. The van der Waals surface area contributed by atoms with E-state index in [1.165, 1.54) is 12.0 Å². The number of carbonyl (C=O) groups excluding carboxylic acids is 2. The Morgan fingerprint density at radius 1 is 0.867 bits per heavy atom. The highest BCUT2D eigenvalue weighted by atomic mass is 16.5. The van der Waals surface area contributed by atoms with Gasteiger partial charge in [0, 0.05) is 12.1 Å². The van der Waals surface area contributed by atoms with Crippen molar-refractivity contribution in [2.45, 2.75) is 6.92 Å². The van der Waals surface area contributed by atoms with Gasteiger partial charge >= 0.3 is 0 Å². The van der Waals surface area contributed by atoms with E-state index in [1.807, 2.05) is 43.3 Å². The second-order valence-corrected chi connectivity index (χ2v) is 6.51. The fourth-order valence-corrected chi connectivity index (χ4v) is 2.91. The van der Waals surface area contributed by atoms with Crippen molar-refractivity contribution in [1.29, 1.82) is 0 Å². The van der Waals surface area contributed by atoms with Crippen molar-refractivity contribution in [2.24, 2.45) is 0 Å². The lowest BCUT2D eigenvalue weighted by Crippen LogP contribution is -2.37. The average molecular weight is 404 g/mol. The van der Waals surface area contributed by atoms with E-state index in [4.69, 9.17) is 9.47 Å². The predicted octanol–water partition coefficient (Wildman–Crippen LogP) is 4.59. The number of hydrogen-bond donors (Lipinski definition) is 1. The number of nitrogens with zero attached hydrogens (tertiary/aromatic N) is 1. The van der Waals surface area contributed by atoms with Crippen molar-refractivity contribution >= 4 is 17.5 Å². The molecular weight excluding hydrogens is 380 g/mol. The van der Waals surface area contributed by atoms with Gasteiger partial charge in [-0.15, -0.1) is 0 Å². The van der Waals surface area contributed by atoms with Gasteiger partial charge in [0.15, 0.2) is 0 Å². The van der Waals surface area contributed by atoms with Gasteiger partial charge < -0.3 is 19.7 Å². The standard InChI is InChI=1S/C24H24N2O4/c1-3-26(17-23(27)25-21-11-7-8-12-22(21)29-2)24(28)18-13-15-20(16-14-18)30-19-9-5-4-6-10-19/h4-16H,3,17H2,1-2H3,(H,25,27). The lowest BCUT2D eigenvalue weighted by atomic mass is 10.2. The van der Waals surface area contributed by atoms with Crippen LogP contribution in [0.15, 0.2) is 78.9 Å². The molecule has 0 heterocycles. The van der Waals surface area contributed by atoms with Gasteiger partial charge in [0.2, 0.25) is 5.91 Å². The molecule has 0 aliphatic carbocycles. The minimum Gasteiger partial charge on any atom is -0.495 e. The van der Waals surface area contributed by atoms with Crippen molar-refractivity contribution in [3.05, 3.63) is 84.4 Å². The summed E-state index contributed by atoms with van der Waals surface area (Å²) in [4.78, 5) is 26.8. The molecule has 0 aromatic heterocycles. The van der Waals surface area contributed by atoms with E-state index in [1.54, 1.807) is 42.5 Å². The van der Waals surface area contributed by atoms with Crippen LogP contribution in [0.25, 0.3) is 0 Å². The van der Waals surface area contributed by atoms with Crippen LogP contribution >= 0.6 is 0 Å². The molecule has 6 heteroatoms. The highest BCUT2D eigenvalue weighted by Crippen LogP contribution is 2.23. The number of ether oxygens (including phenoxy) is 2. The van der Waals surface area contributed by atoms with Crippen LogP contribution in [0.3, 0.4) is 0 Å². The number of amides is 2. The quantitative estimate of drug-likeness (QED) is 0.596. The van der Waals surface area contributed by atoms with Crippen LogP contribution in [0.1, 0.15) is 17.3 Å². The lowest BCUT2D eigenvalue weighted by Gasteiger charge is -2.21. The summed E-state index contributed by atoms with van der Waals surface area (Å²) < 4.78 is 11.0. The zero-order valence-electron chi connectivity index (χ0n) is 17.0.